The van der Waals surface area contributed by atoms with Gasteiger partial charge in [0.2, 0.25) is 5.13 Å². The molecule has 0 aliphatic heterocycles. The van der Waals surface area contributed by atoms with Crippen molar-refractivity contribution in [3.8, 4) is 10.9 Å². The normalized spacial score (nSPS) is 10.9. The summed E-state index contributed by atoms with van der Waals surface area (Å²) in [5.41, 5.74) is 2.01. The molecule has 1 amide bonds. The number of anilines is 1. The molecule has 0 aliphatic carbocycles. The summed E-state index contributed by atoms with van der Waals surface area (Å²) in [7, 11) is 1.58. The number of fused-ring (bicyclic) bond motifs is 1. The highest BCUT2D eigenvalue weighted by atomic mass is 35.5. The average molecular weight is 399 g/mol. The monoisotopic (exact) mass is 398 g/mol. The van der Waals surface area contributed by atoms with Crippen LogP contribution in [0.3, 0.4) is 0 Å². The number of amides is 1. The molecule has 2 aromatic heterocycles. The summed E-state index contributed by atoms with van der Waals surface area (Å²) >= 11 is 7.68. The molecule has 0 saturated carbocycles. The number of hydrogen-bond donors (Lipinski definition) is 1. The first kappa shape index (κ1) is 17.5. The van der Waals surface area contributed by atoms with Gasteiger partial charge in [0.15, 0.2) is 0 Å². The quantitative estimate of drug-likeness (QED) is 0.540. The van der Waals surface area contributed by atoms with Crippen LogP contribution >= 0.6 is 22.9 Å². The molecule has 0 unspecified atom stereocenters. The molecule has 0 spiro atoms. The van der Waals surface area contributed by atoms with E-state index in [2.05, 4.69) is 15.4 Å². The second-order valence-corrected chi connectivity index (χ2v) is 7.26. The van der Waals surface area contributed by atoms with Gasteiger partial charge in [0.25, 0.3) is 5.91 Å². The molecule has 0 bridgehead atoms. The van der Waals surface area contributed by atoms with E-state index in [1.165, 1.54) is 11.3 Å². The lowest BCUT2D eigenvalue weighted by atomic mass is 10.2. The number of thiazole rings is 1. The van der Waals surface area contributed by atoms with E-state index in [9.17, 15) is 4.79 Å². The number of benzene rings is 2. The van der Waals surface area contributed by atoms with Crippen LogP contribution in [-0.4, -0.2) is 27.8 Å². The van der Waals surface area contributed by atoms with Crippen LogP contribution in [0.15, 0.2) is 48.5 Å². The van der Waals surface area contributed by atoms with Crippen LogP contribution in [0.1, 0.15) is 16.1 Å². The first-order valence-electron chi connectivity index (χ1n) is 8.12. The van der Waals surface area contributed by atoms with Gasteiger partial charge in [-0.25, -0.2) is 4.98 Å². The van der Waals surface area contributed by atoms with Gasteiger partial charge in [-0.15, -0.1) is 0 Å². The molecule has 6 nitrogen and oxygen atoms in total. The number of rotatable bonds is 4. The minimum absolute atomic E-state index is 0.238. The molecule has 2 aromatic carbocycles. The predicted octanol–water partition coefficient (Wildman–Crippen LogP) is 4.70. The summed E-state index contributed by atoms with van der Waals surface area (Å²) in [6.07, 6.45) is 0. The van der Waals surface area contributed by atoms with E-state index in [-0.39, 0.29) is 5.91 Å². The number of ether oxygens (including phenoxy) is 1. The SMILES string of the molecule is COc1ccc(C(=O)Nc2cc(C)nn2-c2nc3c(Cl)cccc3s2)cc1. The summed E-state index contributed by atoms with van der Waals surface area (Å²) in [5.74, 6) is 1.00. The van der Waals surface area contributed by atoms with E-state index in [1.807, 2.05) is 19.1 Å². The zero-order chi connectivity index (χ0) is 19.0. The van der Waals surface area contributed by atoms with Crippen LogP contribution in [-0.2, 0) is 0 Å². The largest absolute Gasteiger partial charge is 0.497 e. The number of carbonyl (C=O) groups is 1. The Morgan fingerprint density at radius 1 is 1.22 bits per heavy atom. The topological polar surface area (TPSA) is 69.0 Å². The smallest absolute Gasteiger partial charge is 0.256 e. The number of aromatic nitrogens is 3. The molecule has 4 rings (SSSR count). The Bertz CT molecular complexity index is 1130. The molecule has 8 heteroatoms. The highest BCUT2D eigenvalue weighted by molar-refractivity contribution is 7.20. The van der Waals surface area contributed by atoms with Gasteiger partial charge in [-0.1, -0.05) is 29.0 Å². The molecule has 136 valence electrons. The van der Waals surface area contributed by atoms with Crippen molar-refractivity contribution >= 4 is 44.9 Å². The summed E-state index contributed by atoms with van der Waals surface area (Å²) in [5, 5.41) is 8.58. The fourth-order valence-corrected chi connectivity index (χ4v) is 3.89. The maximum Gasteiger partial charge on any atom is 0.256 e. The second-order valence-electron chi connectivity index (χ2n) is 5.85. The highest BCUT2D eigenvalue weighted by Gasteiger charge is 2.16. The van der Waals surface area contributed by atoms with Gasteiger partial charge < -0.3 is 10.1 Å². The fraction of sp³-hybridized carbons (Fsp3) is 0.105. The zero-order valence-electron chi connectivity index (χ0n) is 14.6. The molecule has 0 fully saturated rings. The maximum absolute atomic E-state index is 12.6. The number of halogens is 1. The Morgan fingerprint density at radius 3 is 2.70 bits per heavy atom. The number of methoxy groups -OCH3 is 1. The van der Waals surface area contributed by atoms with E-state index in [4.69, 9.17) is 16.3 Å². The maximum atomic E-state index is 12.6. The molecule has 2 heterocycles. The van der Waals surface area contributed by atoms with Crippen molar-refractivity contribution in [2.75, 3.05) is 12.4 Å². The number of nitrogens with zero attached hydrogens (tertiary/aromatic N) is 3. The van der Waals surface area contributed by atoms with Crippen LogP contribution in [0, 0.1) is 6.92 Å². The van der Waals surface area contributed by atoms with Crippen molar-refractivity contribution in [1.29, 1.82) is 0 Å². The average Bonchev–Trinajstić information content (AvgIpc) is 3.26. The van der Waals surface area contributed by atoms with E-state index < -0.39 is 0 Å². The number of hydrogen-bond acceptors (Lipinski definition) is 5. The highest BCUT2D eigenvalue weighted by Crippen LogP contribution is 2.31. The molecule has 1 N–H and O–H groups in total. The van der Waals surface area contributed by atoms with E-state index in [0.717, 1.165) is 15.9 Å². The lowest BCUT2D eigenvalue weighted by molar-refractivity contribution is 0.102. The van der Waals surface area contributed by atoms with E-state index in [0.29, 0.717) is 27.3 Å². The molecule has 0 saturated heterocycles. The second kappa shape index (κ2) is 7.02. The minimum Gasteiger partial charge on any atom is -0.497 e. The van der Waals surface area contributed by atoms with Crippen LogP contribution in [0.25, 0.3) is 15.3 Å². The molecule has 0 atom stereocenters. The Balaban J connectivity index is 1.67. The van der Waals surface area contributed by atoms with Crippen molar-refractivity contribution in [2.45, 2.75) is 6.92 Å². The molecular formula is C19H15ClN4O2S. The van der Waals surface area contributed by atoms with Gasteiger partial charge in [-0.3, -0.25) is 4.79 Å². The third kappa shape index (κ3) is 3.39. The third-order valence-electron chi connectivity index (χ3n) is 3.96. The van der Waals surface area contributed by atoms with Gasteiger partial charge in [0.1, 0.15) is 17.1 Å². The van der Waals surface area contributed by atoms with Crippen LogP contribution < -0.4 is 10.1 Å². The number of nitrogens with one attached hydrogen (secondary N) is 1. The fourth-order valence-electron chi connectivity index (χ4n) is 2.66. The van der Waals surface area contributed by atoms with Crippen LogP contribution in [0.2, 0.25) is 5.02 Å². The van der Waals surface area contributed by atoms with Crippen molar-refractivity contribution in [3.63, 3.8) is 0 Å². The summed E-state index contributed by atoms with van der Waals surface area (Å²) < 4.78 is 7.70. The molecule has 0 radical (unpaired) electrons. The zero-order valence-corrected chi connectivity index (χ0v) is 16.1. The number of aryl methyl sites for hydroxylation is 1. The standard InChI is InChI=1S/C19H15ClN4O2S/c1-11-10-16(21-18(25)12-6-8-13(26-2)9-7-12)24(23-11)19-22-17-14(20)4-3-5-15(17)27-19/h3-10H,1-2H3,(H,21,25). The van der Waals surface area contributed by atoms with E-state index in [1.54, 1.807) is 48.2 Å². The first-order chi connectivity index (χ1) is 13.0. The van der Waals surface area contributed by atoms with Crippen molar-refractivity contribution in [2.24, 2.45) is 0 Å². The lowest BCUT2D eigenvalue weighted by Crippen LogP contribution is -2.15. The van der Waals surface area contributed by atoms with Crippen molar-refractivity contribution in [1.82, 2.24) is 14.8 Å². The van der Waals surface area contributed by atoms with Gasteiger partial charge in [-0.2, -0.15) is 9.78 Å². The lowest BCUT2D eigenvalue weighted by Gasteiger charge is -2.07. The van der Waals surface area contributed by atoms with Crippen LogP contribution in [0.5, 0.6) is 5.75 Å². The molecular weight excluding hydrogens is 384 g/mol. The Morgan fingerprint density at radius 2 is 2.00 bits per heavy atom. The third-order valence-corrected chi connectivity index (χ3v) is 5.27. The minimum atomic E-state index is -0.238. The number of para-hydroxylation sites is 1. The Hall–Kier alpha value is -2.90. The summed E-state index contributed by atoms with van der Waals surface area (Å²) in [6.45, 7) is 1.86. The van der Waals surface area contributed by atoms with Gasteiger partial charge >= 0.3 is 0 Å². The predicted molar refractivity (Wildman–Crippen MR) is 107 cm³/mol. The Labute approximate surface area is 164 Å². The van der Waals surface area contributed by atoms with Gasteiger partial charge in [0, 0.05) is 11.6 Å². The molecule has 27 heavy (non-hydrogen) atoms. The van der Waals surface area contributed by atoms with E-state index >= 15 is 0 Å². The van der Waals surface area contributed by atoms with Crippen molar-refractivity contribution < 1.29 is 9.53 Å². The number of carbonyl (C=O) groups excluding carboxylic acids is 1. The van der Waals surface area contributed by atoms with Gasteiger partial charge in [-0.05, 0) is 43.3 Å². The van der Waals surface area contributed by atoms with Crippen LogP contribution in [0.4, 0.5) is 5.82 Å². The van der Waals surface area contributed by atoms with Gasteiger partial charge in [0.05, 0.1) is 22.5 Å². The Kier molecular flexibility index (Phi) is 4.55. The molecule has 0 aliphatic rings. The summed E-state index contributed by atoms with van der Waals surface area (Å²) in [6, 6.07) is 14.3. The summed E-state index contributed by atoms with van der Waals surface area (Å²) in [4.78, 5) is 17.2. The molecule has 4 aromatic rings. The van der Waals surface area contributed by atoms with Crippen molar-refractivity contribution in [3.05, 3.63) is 64.8 Å². The first-order valence-corrected chi connectivity index (χ1v) is 9.32.